The van der Waals surface area contributed by atoms with Crippen LogP contribution in [-0.4, -0.2) is 22.8 Å². The number of hydrogen-bond donors (Lipinski definition) is 0. The van der Waals surface area contributed by atoms with Gasteiger partial charge in [0, 0.05) is 19.7 Å². The lowest BCUT2D eigenvalue weighted by Gasteiger charge is -2.17. The summed E-state index contributed by atoms with van der Waals surface area (Å²) in [4.78, 5) is 23.8. The number of halogens is 1. The molecule has 108 valence electrons. The fraction of sp³-hybridized carbons (Fsp3) is 0.133. The van der Waals surface area contributed by atoms with Crippen molar-refractivity contribution in [2.75, 3.05) is 7.05 Å². The monoisotopic (exact) mass is 288 g/mol. The molecule has 0 spiro atoms. The van der Waals surface area contributed by atoms with Crippen molar-refractivity contribution in [1.29, 1.82) is 0 Å². The fourth-order valence-corrected chi connectivity index (χ4v) is 1.97. The number of rotatable bonds is 4. The molecule has 1 amide bonds. The summed E-state index contributed by atoms with van der Waals surface area (Å²) in [7, 11) is 1.52. The molecule has 0 bridgehead atoms. The average molecular weight is 288 g/mol. The Labute approximate surface area is 120 Å². The zero-order valence-corrected chi connectivity index (χ0v) is 11.3. The van der Waals surface area contributed by atoms with Crippen molar-refractivity contribution in [3.63, 3.8) is 0 Å². The molecule has 0 radical (unpaired) electrons. The molecule has 2 rings (SSSR count). The third kappa shape index (κ3) is 3.42. The molecule has 0 N–H and O–H groups in total. The Kier molecular flexibility index (Phi) is 4.27. The zero-order chi connectivity index (χ0) is 15.4. The Morgan fingerprint density at radius 3 is 2.52 bits per heavy atom. The van der Waals surface area contributed by atoms with E-state index in [-0.39, 0.29) is 12.1 Å². The number of amides is 1. The smallest absolute Gasteiger partial charge is 0.282 e. The van der Waals surface area contributed by atoms with Gasteiger partial charge in [-0.15, -0.1) is 0 Å². The van der Waals surface area contributed by atoms with Crippen LogP contribution in [0.5, 0.6) is 0 Å². The van der Waals surface area contributed by atoms with Gasteiger partial charge in [0.15, 0.2) is 0 Å². The fourth-order valence-electron chi connectivity index (χ4n) is 1.97. The molecule has 0 fully saturated rings. The number of nitro groups is 1. The standard InChI is InChI=1S/C15H13FN2O3/c1-17(10-11-5-3-2-4-6-11)15(19)13-9-12(16)7-8-14(13)18(20)21/h2-9H,10H2,1H3. The van der Waals surface area contributed by atoms with Gasteiger partial charge in [-0.25, -0.2) is 4.39 Å². The molecule has 0 atom stereocenters. The van der Waals surface area contributed by atoms with Crippen molar-refractivity contribution in [2.24, 2.45) is 0 Å². The maximum absolute atomic E-state index is 13.3. The van der Waals surface area contributed by atoms with Crippen molar-refractivity contribution < 1.29 is 14.1 Å². The van der Waals surface area contributed by atoms with Crippen molar-refractivity contribution in [2.45, 2.75) is 6.54 Å². The van der Waals surface area contributed by atoms with Crippen LogP contribution in [-0.2, 0) is 6.54 Å². The number of hydrogen-bond acceptors (Lipinski definition) is 3. The Morgan fingerprint density at radius 1 is 1.24 bits per heavy atom. The van der Waals surface area contributed by atoms with Crippen molar-refractivity contribution in [3.8, 4) is 0 Å². The summed E-state index contributed by atoms with van der Waals surface area (Å²) in [6.07, 6.45) is 0. The van der Waals surface area contributed by atoms with E-state index in [1.54, 1.807) is 0 Å². The van der Waals surface area contributed by atoms with Crippen LogP contribution in [0, 0.1) is 15.9 Å². The van der Waals surface area contributed by atoms with E-state index in [1.807, 2.05) is 30.3 Å². The van der Waals surface area contributed by atoms with E-state index in [0.29, 0.717) is 0 Å². The van der Waals surface area contributed by atoms with Gasteiger partial charge in [0.05, 0.1) is 4.92 Å². The predicted octanol–water partition coefficient (Wildman–Crippen LogP) is 3.01. The van der Waals surface area contributed by atoms with E-state index in [2.05, 4.69) is 0 Å². The van der Waals surface area contributed by atoms with Gasteiger partial charge in [0.2, 0.25) is 0 Å². The largest absolute Gasteiger partial charge is 0.337 e. The van der Waals surface area contributed by atoms with E-state index in [1.165, 1.54) is 11.9 Å². The topological polar surface area (TPSA) is 63.5 Å². The van der Waals surface area contributed by atoms with E-state index in [0.717, 1.165) is 23.8 Å². The molecule has 0 aliphatic heterocycles. The van der Waals surface area contributed by atoms with Gasteiger partial charge in [0.1, 0.15) is 11.4 Å². The maximum Gasteiger partial charge on any atom is 0.282 e. The number of nitrogens with zero attached hydrogens (tertiary/aromatic N) is 2. The van der Waals surface area contributed by atoms with E-state index >= 15 is 0 Å². The Balaban J connectivity index is 2.27. The second-order valence-electron chi connectivity index (χ2n) is 4.57. The first-order valence-corrected chi connectivity index (χ1v) is 6.22. The van der Waals surface area contributed by atoms with Crippen LogP contribution < -0.4 is 0 Å². The van der Waals surface area contributed by atoms with Crippen LogP contribution in [0.3, 0.4) is 0 Å². The average Bonchev–Trinajstić information content (AvgIpc) is 2.47. The number of benzene rings is 2. The van der Waals surface area contributed by atoms with E-state index < -0.39 is 22.3 Å². The van der Waals surface area contributed by atoms with Crippen LogP contribution in [0.25, 0.3) is 0 Å². The molecule has 0 saturated heterocycles. The number of nitro benzene ring substituents is 1. The van der Waals surface area contributed by atoms with E-state index in [4.69, 9.17) is 0 Å². The van der Waals surface area contributed by atoms with Crippen LogP contribution >= 0.6 is 0 Å². The summed E-state index contributed by atoms with van der Waals surface area (Å²) in [6, 6.07) is 12.0. The lowest BCUT2D eigenvalue weighted by Crippen LogP contribution is -2.27. The van der Waals surface area contributed by atoms with Crippen LogP contribution in [0.15, 0.2) is 48.5 Å². The van der Waals surface area contributed by atoms with Crippen LogP contribution in [0.2, 0.25) is 0 Å². The Morgan fingerprint density at radius 2 is 1.90 bits per heavy atom. The first kappa shape index (κ1) is 14.6. The van der Waals surface area contributed by atoms with Gasteiger partial charge in [-0.1, -0.05) is 30.3 Å². The Bertz CT molecular complexity index is 674. The minimum Gasteiger partial charge on any atom is -0.337 e. The van der Waals surface area contributed by atoms with Gasteiger partial charge in [-0.2, -0.15) is 0 Å². The normalized spacial score (nSPS) is 10.2. The first-order valence-electron chi connectivity index (χ1n) is 6.22. The van der Waals surface area contributed by atoms with Crippen LogP contribution in [0.4, 0.5) is 10.1 Å². The molecule has 21 heavy (non-hydrogen) atoms. The molecule has 2 aromatic carbocycles. The molecule has 0 saturated carbocycles. The molecule has 0 aliphatic rings. The van der Waals surface area contributed by atoms with E-state index in [9.17, 15) is 19.3 Å². The molecule has 6 heteroatoms. The SMILES string of the molecule is CN(Cc1ccccc1)C(=O)c1cc(F)ccc1[N+](=O)[O-]. The molecular weight excluding hydrogens is 275 g/mol. The van der Waals surface area contributed by atoms with Crippen molar-refractivity contribution in [3.05, 3.63) is 75.6 Å². The minimum absolute atomic E-state index is 0.251. The summed E-state index contributed by atoms with van der Waals surface area (Å²) in [6.45, 7) is 0.285. The predicted molar refractivity (Wildman–Crippen MR) is 75.3 cm³/mol. The third-order valence-electron chi connectivity index (χ3n) is 2.99. The highest BCUT2D eigenvalue weighted by atomic mass is 19.1. The van der Waals surface area contributed by atoms with Gasteiger partial charge in [0.25, 0.3) is 11.6 Å². The Hall–Kier alpha value is -2.76. The molecule has 2 aromatic rings. The number of carbonyl (C=O) groups excluding carboxylic acids is 1. The molecule has 0 aromatic heterocycles. The minimum atomic E-state index is -0.691. The highest BCUT2D eigenvalue weighted by molar-refractivity contribution is 5.98. The van der Waals surface area contributed by atoms with Crippen LogP contribution in [0.1, 0.15) is 15.9 Å². The lowest BCUT2D eigenvalue weighted by molar-refractivity contribution is -0.385. The first-order chi connectivity index (χ1) is 9.99. The van der Waals surface area contributed by atoms with Crippen molar-refractivity contribution >= 4 is 11.6 Å². The lowest BCUT2D eigenvalue weighted by atomic mass is 10.1. The molecule has 0 unspecified atom stereocenters. The molecule has 5 nitrogen and oxygen atoms in total. The molecule has 0 heterocycles. The maximum atomic E-state index is 13.3. The summed E-state index contributed by atoms with van der Waals surface area (Å²) < 4.78 is 13.3. The summed E-state index contributed by atoms with van der Waals surface area (Å²) in [5.41, 5.74) is 0.229. The molecular formula is C15H13FN2O3. The van der Waals surface area contributed by atoms with Gasteiger partial charge < -0.3 is 4.90 Å². The summed E-state index contributed by atoms with van der Waals surface area (Å²) in [5, 5.41) is 10.9. The van der Waals surface area contributed by atoms with Gasteiger partial charge in [-0.05, 0) is 17.7 Å². The summed E-state index contributed by atoms with van der Waals surface area (Å²) in [5.74, 6) is -1.28. The summed E-state index contributed by atoms with van der Waals surface area (Å²) >= 11 is 0. The van der Waals surface area contributed by atoms with Gasteiger partial charge >= 0.3 is 0 Å². The highest BCUT2D eigenvalue weighted by Gasteiger charge is 2.23. The molecule has 0 aliphatic carbocycles. The van der Waals surface area contributed by atoms with Crippen molar-refractivity contribution in [1.82, 2.24) is 4.90 Å². The highest BCUT2D eigenvalue weighted by Crippen LogP contribution is 2.21. The zero-order valence-electron chi connectivity index (χ0n) is 11.3. The second-order valence-corrected chi connectivity index (χ2v) is 4.57. The van der Waals surface area contributed by atoms with Gasteiger partial charge in [-0.3, -0.25) is 14.9 Å². The quantitative estimate of drug-likeness (QED) is 0.641. The second kappa shape index (κ2) is 6.13. The third-order valence-corrected chi connectivity index (χ3v) is 2.99. The number of carbonyl (C=O) groups is 1.